The first-order valence-corrected chi connectivity index (χ1v) is 5.88. The summed E-state index contributed by atoms with van der Waals surface area (Å²) in [5.74, 6) is -0.496. The molecule has 0 aromatic heterocycles. The molecule has 1 aromatic rings. The summed E-state index contributed by atoms with van der Waals surface area (Å²) in [5.41, 5.74) is 1.39. The van der Waals surface area contributed by atoms with Crippen LogP contribution in [0, 0.1) is 0 Å². The minimum absolute atomic E-state index is 0.365. The van der Waals surface area contributed by atoms with Crippen LogP contribution in [-0.4, -0.2) is 30.7 Å². The van der Waals surface area contributed by atoms with Gasteiger partial charge in [-0.25, -0.2) is 4.79 Å². The van der Waals surface area contributed by atoms with Crippen molar-refractivity contribution < 1.29 is 9.63 Å². The molecule has 0 atom stereocenters. The summed E-state index contributed by atoms with van der Waals surface area (Å²) < 4.78 is 0. The fourth-order valence-electron chi connectivity index (χ4n) is 1.53. The van der Waals surface area contributed by atoms with Gasteiger partial charge in [-0.3, -0.25) is 0 Å². The van der Waals surface area contributed by atoms with E-state index in [0.717, 1.165) is 0 Å². The summed E-state index contributed by atoms with van der Waals surface area (Å²) in [7, 11) is 3.61. The zero-order chi connectivity index (χ0) is 13.3. The highest BCUT2D eigenvalue weighted by atomic mass is 35.5. The van der Waals surface area contributed by atoms with Crippen LogP contribution in [0.3, 0.4) is 0 Å². The van der Waals surface area contributed by atoms with Gasteiger partial charge in [0.25, 0.3) is 0 Å². The van der Waals surface area contributed by atoms with Gasteiger partial charge in [-0.1, -0.05) is 28.4 Å². The van der Waals surface area contributed by atoms with E-state index in [1.54, 1.807) is 43.4 Å². The van der Waals surface area contributed by atoms with Crippen molar-refractivity contribution in [3.8, 4) is 0 Å². The second-order valence-corrected chi connectivity index (χ2v) is 4.79. The van der Waals surface area contributed by atoms with Crippen molar-refractivity contribution in [3.05, 3.63) is 45.6 Å². The molecule has 1 aliphatic rings. The van der Waals surface area contributed by atoms with Crippen LogP contribution in [0.2, 0.25) is 10.0 Å². The highest BCUT2D eigenvalue weighted by Crippen LogP contribution is 2.26. The highest BCUT2D eigenvalue weighted by Gasteiger charge is 2.28. The SMILES string of the molecule is CN(C)/C=C1/C(=O)ON=C1c1ccc(Cl)cc1Cl. The second kappa shape index (κ2) is 5.00. The van der Waals surface area contributed by atoms with Crippen LogP contribution in [0.1, 0.15) is 5.56 Å². The lowest BCUT2D eigenvalue weighted by Gasteiger charge is -2.07. The van der Waals surface area contributed by atoms with Gasteiger partial charge in [0.15, 0.2) is 0 Å². The summed E-state index contributed by atoms with van der Waals surface area (Å²) in [6, 6.07) is 4.98. The zero-order valence-electron chi connectivity index (χ0n) is 9.78. The Morgan fingerprint density at radius 2 is 2.06 bits per heavy atom. The first-order chi connectivity index (χ1) is 8.49. The van der Waals surface area contributed by atoms with E-state index in [9.17, 15) is 4.79 Å². The lowest BCUT2D eigenvalue weighted by Crippen LogP contribution is -2.13. The smallest absolute Gasteiger partial charge is 0.369 e. The molecule has 0 unspecified atom stereocenters. The van der Waals surface area contributed by atoms with Crippen molar-refractivity contribution in [3.63, 3.8) is 0 Å². The average Bonchev–Trinajstić information content (AvgIpc) is 2.60. The van der Waals surface area contributed by atoms with Crippen molar-refractivity contribution in [2.75, 3.05) is 14.1 Å². The molecule has 0 N–H and O–H groups in total. The molecule has 2 rings (SSSR count). The van der Waals surface area contributed by atoms with Gasteiger partial charge in [0.05, 0.1) is 5.02 Å². The van der Waals surface area contributed by atoms with E-state index in [4.69, 9.17) is 23.2 Å². The van der Waals surface area contributed by atoms with Gasteiger partial charge in [-0.2, -0.15) is 0 Å². The number of hydrogen-bond acceptors (Lipinski definition) is 4. The number of halogens is 2. The monoisotopic (exact) mass is 284 g/mol. The molecule has 0 amide bonds. The molecule has 94 valence electrons. The van der Waals surface area contributed by atoms with Crippen LogP contribution in [-0.2, 0) is 9.63 Å². The maximum Gasteiger partial charge on any atom is 0.369 e. The van der Waals surface area contributed by atoms with E-state index in [2.05, 4.69) is 9.99 Å². The van der Waals surface area contributed by atoms with E-state index >= 15 is 0 Å². The van der Waals surface area contributed by atoms with Gasteiger partial charge in [0.2, 0.25) is 0 Å². The Hall–Kier alpha value is -1.52. The van der Waals surface area contributed by atoms with Crippen LogP contribution < -0.4 is 0 Å². The summed E-state index contributed by atoms with van der Waals surface area (Å²) in [4.78, 5) is 18.0. The van der Waals surface area contributed by atoms with Crippen molar-refractivity contribution >= 4 is 34.9 Å². The van der Waals surface area contributed by atoms with Crippen molar-refractivity contribution in [2.45, 2.75) is 0 Å². The summed E-state index contributed by atoms with van der Waals surface area (Å²) >= 11 is 11.9. The third-order valence-electron chi connectivity index (χ3n) is 2.27. The quantitative estimate of drug-likeness (QED) is 0.619. The first kappa shape index (κ1) is 12.9. The summed E-state index contributed by atoms with van der Waals surface area (Å²) in [6.45, 7) is 0. The third kappa shape index (κ3) is 2.49. The third-order valence-corrected chi connectivity index (χ3v) is 2.82. The summed E-state index contributed by atoms with van der Waals surface area (Å²) in [5, 5.41) is 4.70. The molecule has 0 saturated heterocycles. The molecule has 0 radical (unpaired) electrons. The maximum atomic E-state index is 11.6. The first-order valence-electron chi connectivity index (χ1n) is 5.12. The molecule has 0 bridgehead atoms. The Kier molecular flexibility index (Phi) is 3.59. The number of rotatable bonds is 2. The molecule has 0 saturated carbocycles. The van der Waals surface area contributed by atoms with E-state index in [0.29, 0.717) is 26.9 Å². The molecule has 18 heavy (non-hydrogen) atoms. The molecular formula is C12H10Cl2N2O2. The van der Waals surface area contributed by atoms with Crippen LogP contribution in [0.4, 0.5) is 0 Å². The number of carbonyl (C=O) groups excluding carboxylic acids is 1. The lowest BCUT2D eigenvalue weighted by molar-refractivity contribution is -0.136. The van der Waals surface area contributed by atoms with Crippen LogP contribution >= 0.6 is 23.2 Å². The molecule has 0 aliphatic carbocycles. The number of benzene rings is 1. The molecule has 1 heterocycles. The largest absolute Gasteiger partial charge is 0.383 e. The Morgan fingerprint density at radius 1 is 1.33 bits per heavy atom. The number of oxime groups is 1. The van der Waals surface area contributed by atoms with Crippen molar-refractivity contribution in [1.29, 1.82) is 0 Å². The van der Waals surface area contributed by atoms with E-state index in [-0.39, 0.29) is 0 Å². The van der Waals surface area contributed by atoms with E-state index in [1.165, 1.54) is 0 Å². The summed E-state index contributed by atoms with van der Waals surface area (Å²) in [6.07, 6.45) is 1.64. The Labute approximate surface area is 114 Å². The van der Waals surface area contributed by atoms with Crippen LogP contribution in [0.15, 0.2) is 35.1 Å². The number of nitrogens with zero attached hydrogens (tertiary/aromatic N) is 2. The fourth-order valence-corrected chi connectivity index (χ4v) is 2.03. The second-order valence-electron chi connectivity index (χ2n) is 3.95. The van der Waals surface area contributed by atoms with Crippen molar-refractivity contribution in [2.24, 2.45) is 5.16 Å². The van der Waals surface area contributed by atoms with Crippen LogP contribution in [0.5, 0.6) is 0 Å². The molecule has 0 spiro atoms. The topological polar surface area (TPSA) is 41.9 Å². The molecule has 4 nitrogen and oxygen atoms in total. The van der Waals surface area contributed by atoms with E-state index in [1.807, 2.05) is 0 Å². The molecule has 1 aromatic carbocycles. The molecule has 6 heteroatoms. The van der Waals surface area contributed by atoms with Crippen molar-refractivity contribution in [1.82, 2.24) is 4.90 Å². The van der Waals surface area contributed by atoms with Gasteiger partial charge in [-0.15, -0.1) is 0 Å². The Balaban J connectivity index is 2.47. The minimum atomic E-state index is -0.496. The molecular weight excluding hydrogens is 275 g/mol. The highest BCUT2D eigenvalue weighted by molar-refractivity contribution is 6.40. The zero-order valence-corrected chi connectivity index (χ0v) is 11.3. The van der Waals surface area contributed by atoms with E-state index < -0.39 is 5.97 Å². The minimum Gasteiger partial charge on any atom is -0.383 e. The Bertz CT molecular complexity index is 565. The normalized spacial score (nSPS) is 16.8. The average molecular weight is 285 g/mol. The fraction of sp³-hybridized carbons (Fsp3) is 0.167. The number of carbonyl (C=O) groups is 1. The maximum absolute atomic E-state index is 11.6. The molecule has 1 aliphatic heterocycles. The predicted molar refractivity (Wildman–Crippen MR) is 70.9 cm³/mol. The molecule has 0 fully saturated rings. The lowest BCUT2D eigenvalue weighted by atomic mass is 10.0. The van der Waals surface area contributed by atoms with Gasteiger partial charge in [0.1, 0.15) is 11.3 Å². The number of hydrogen-bond donors (Lipinski definition) is 0. The van der Waals surface area contributed by atoms with Crippen LogP contribution in [0.25, 0.3) is 0 Å². The standard InChI is InChI=1S/C12H10Cl2N2O2/c1-16(2)6-9-11(15-18-12(9)17)8-4-3-7(13)5-10(8)14/h3-6H,1-2H3/b9-6+. The van der Waals surface area contributed by atoms with Gasteiger partial charge in [-0.05, 0) is 18.2 Å². The van der Waals surface area contributed by atoms with Gasteiger partial charge >= 0.3 is 5.97 Å². The predicted octanol–water partition coefficient (Wildman–Crippen LogP) is 2.70. The Morgan fingerprint density at radius 3 is 2.67 bits per heavy atom. The van der Waals surface area contributed by atoms with Gasteiger partial charge in [0, 0.05) is 30.9 Å². The van der Waals surface area contributed by atoms with Gasteiger partial charge < -0.3 is 9.74 Å².